The zero-order chi connectivity index (χ0) is 13.0. The minimum atomic E-state index is 0.114. The molecule has 6 heteroatoms. The second kappa shape index (κ2) is 6.26. The maximum Gasteiger partial charge on any atom is 0.206 e. The highest BCUT2D eigenvalue weighted by molar-refractivity contribution is 7.15. The van der Waals surface area contributed by atoms with Gasteiger partial charge >= 0.3 is 0 Å². The van der Waals surface area contributed by atoms with Gasteiger partial charge in [0.05, 0.1) is 6.04 Å². The van der Waals surface area contributed by atoms with Gasteiger partial charge in [-0.2, -0.15) is 0 Å². The van der Waals surface area contributed by atoms with Crippen molar-refractivity contribution < 1.29 is 5.11 Å². The van der Waals surface area contributed by atoms with Crippen molar-refractivity contribution in [3.05, 3.63) is 27.4 Å². The van der Waals surface area contributed by atoms with Crippen molar-refractivity contribution in [1.82, 2.24) is 10.2 Å². The van der Waals surface area contributed by atoms with Crippen LogP contribution < -0.4 is 5.32 Å². The third-order valence-corrected chi connectivity index (χ3v) is 4.68. The lowest BCUT2D eigenvalue weighted by atomic mass is 10.2. The Morgan fingerprint density at radius 1 is 1.39 bits per heavy atom. The van der Waals surface area contributed by atoms with E-state index in [1.165, 1.54) is 4.88 Å². The molecule has 98 valence electrons. The standard InChI is InChI=1S/C12H17N3OS2/c1-8(2)11-14-15-12(18-11)13-9(5-6-16)10-4-3-7-17-10/h3-4,7-9,16H,5-6H2,1-2H3,(H,13,15)/t9-/m1/s1. The number of anilines is 1. The van der Waals surface area contributed by atoms with E-state index in [2.05, 4.69) is 35.4 Å². The Morgan fingerprint density at radius 3 is 2.78 bits per heavy atom. The molecule has 2 aromatic heterocycles. The number of nitrogens with one attached hydrogen (secondary N) is 1. The van der Waals surface area contributed by atoms with Crippen LogP contribution in [-0.4, -0.2) is 21.9 Å². The number of aliphatic hydroxyl groups is 1. The molecule has 2 N–H and O–H groups in total. The molecular formula is C12H17N3OS2. The van der Waals surface area contributed by atoms with Crippen LogP contribution in [0.2, 0.25) is 0 Å². The van der Waals surface area contributed by atoms with Gasteiger partial charge in [-0.15, -0.1) is 21.5 Å². The lowest BCUT2D eigenvalue weighted by Gasteiger charge is -2.14. The van der Waals surface area contributed by atoms with E-state index >= 15 is 0 Å². The molecule has 0 bridgehead atoms. The molecule has 0 spiro atoms. The number of aliphatic hydroxyl groups excluding tert-OH is 1. The highest BCUT2D eigenvalue weighted by atomic mass is 32.1. The predicted molar refractivity (Wildman–Crippen MR) is 76.4 cm³/mol. The van der Waals surface area contributed by atoms with Crippen molar-refractivity contribution in [3.63, 3.8) is 0 Å². The van der Waals surface area contributed by atoms with Gasteiger partial charge in [-0.05, 0) is 17.9 Å². The Labute approximate surface area is 115 Å². The summed E-state index contributed by atoms with van der Waals surface area (Å²) in [6, 6.07) is 4.21. The SMILES string of the molecule is CC(C)c1nnc(N[C@H](CCO)c2cccs2)s1. The van der Waals surface area contributed by atoms with Crippen LogP contribution in [-0.2, 0) is 0 Å². The number of aromatic nitrogens is 2. The number of thiophene rings is 1. The number of rotatable bonds is 6. The van der Waals surface area contributed by atoms with Gasteiger partial charge in [-0.25, -0.2) is 0 Å². The molecule has 0 saturated carbocycles. The van der Waals surface area contributed by atoms with E-state index in [0.29, 0.717) is 12.3 Å². The molecular weight excluding hydrogens is 266 g/mol. The topological polar surface area (TPSA) is 58.0 Å². The van der Waals surface area contributed by atoms with Crippen LogP contribution in [0.25, 0.3) is 0 Å². The van der Waals surface area contributed by atoms with Crippen LogP contribution in [0.4, 0.5) is 5.13 Å². The second-order valence-corrected chi connectivity index (χ2v) is 6.31. The maximum absolute atomic E-state index is 9.14. The van der Waals surface area contributed by atoms with Crippen molar-refractivity contribution >= 4 is 27.8 Å². The zero-order valence-corrected chi connectivity index (χ0v) is 12.1. The molecule has 0 amide bonds. The van der Waals surface area contributed by atoms with Gasteiger partial charge < -0.3 is 10.4 Å². The molecule has 0 aliphatic carbocycles. The van der Waals surface area contributed by atoms with Gasteiger partial charge in [0.1, 0.15) is 5.01 Å². The van der Waals surface area contributed by atoms with E-state index in [4.69, 9.17) is 5.11 Å². The summed E-state index contributed by atoms with van der Waals surface area (Å²) in [4.78, 5) is 1.21. The van der Waals surface area contributed by atoms with Gasteiger partial charge in [-0.3, -0.25) is 0 Å². The Bertz CT molecular complexity index is 467. The molecule has 0 aromatic carbocycles. The van der Waals surface area contributed by atoms with E-state index in [-0.39, 0.29) is 12.6 Å². The van der Waals surface area contributed by atoms with Crippen molar-refractivity contribution in [2.75, 3.05) is 11.9 Å². The van der Waals surface area contributed by atoms with E-state index in [1.54, 1.807) is 22.7 Å². The highest BCUT2D eigenvalue weighted by Crippen LogP contribution is 2.29. The Hall–Kier alpha value is -0.980. The second-order valence-electron chi connectivity index (χ2n) is 4.32. The van der Waals surface area contributed by atoms with Crippen LogP contribution in [0.3, 0.4) is 0 Å². The molecule has 0 unspecified atom stereocenters. The fraction of sp³-hybridized carbons (Fsp3) is 0.500. The normalized spacial score (nSPS) is 12.9. The quantitative estimate of drug-likeness (QED) is 0.854. The van der Waals surface area contributed by atoms with Crippen LogP contribution in [0.15, 0.2) is 17.5 Å². The first-order valence-corrected chi connectivity index (χ1v) is 7.64. The van der Waals surface area contributed by atoms with E-state index in [0.717, 1.165) is 10.1 Å². The summed E-state index contributed by atoms with van der Waals surface area (Å²) in [7, 11) is 0. The molecule has 1 atom stereocenters. The Balaban J connectivity index is 2.08. The minimum Gasteiger partial charge on any atom is -0.396 e. The fourth-order valence-corrected chi connectivity index (χ4v) is 3.19. The lowest BCUT2D eigenvalue weighted by molar-refractivity contribution is 0.280. The molecule has 2 aromatic rings. The summed E-state index contributed by atoms with van der Waals surface area (Å²) in [6.45, 7) is 4.37. The van der Waals surface area contributed by atoms with Crippen molar-refractivity contribution in [1.29, 1.82) is 0 Å². The van der Waals surface area contributed by atoms with Crippen molar-refractivity contribution in [2.24, 2.45) is 0 Å². The van der Waals surface area contributed by atoms with Crippen LogP contribution in [0, 0.1) is 0 Å². The first kappa shape index (κ1) is 13.5. The Morgan fingerprint density at radius 2 is 2.22 bits per heavy atom. The smallest absolute Gasteiger partial charge is 0.206 e. The molecule has 4 nitrogen and oxygen atoms in total. The monoisotopic (exact) mass is 283 g/mol. The Kier molecular flexibility index (Phi) is 4.68. The third-order valence-electron chi connectivity index (χ3n) is 2.54. The summed E-state index contributed by atoms with van der Waals surface area (Å²) >= 11 is 3.27. The van der Waals surface area contributed by atoms with Crippen LogP contribution in [0.5, 0.6) is 0 Å². The molecule has 2 heterocycles. The average molecular weight is 283 g/mol. The first-order chi connectivity index (χ1) is 8.70. The molecule has 0 radical (unpaired) electrons. The molecule has 0 aliphatic rings. The van der Waals surface area contributed by atoms with Crippen LogP contribution >= 0.6 is 22.7 Å². The van der Waals surface area contributed by atoms with Gasteiger partial charge in [0, 0.05) is 17.4 Å². The van der Waals surface area contributed by atoms with E-state index in [9.17, 15) is 0 Å². The number of nitrogens with zero attached hydrogens (tertiary/aromatic N) is 2. The van der Waals surface area contributed by atoms with E-state index < -0.39 is 0 Å². The lowest BCUT2D eigenvalue weighted by Crippen LogP contribution is -2.10. The van der Waals surface area contributed by atoms with Gasteiger partial charge in [-0.1, -0.05) is 31.3 Å². The minimum absolute atomic E-state index is 0.114. The summed E-state index contributed by atoms with van der Waals surface area (Å²) in [6.07, 6.45) is 0.678. The zero-order valence-electron chi connectivity index (χ0n) is 10.5. The third kappa shape index (κ3) is 3.28. The summed E-state index contributed by atoms with van der Waals surface area (Å²) in [5.41, 5.74) is 0. The van der Waals surface area contributed by atoms with Crippen LogP contribution in [0.1, 0.15) is 42.1 Å². The fourth-order valence-electron chi connectivity index (χ4n) is 1.58. The number of hydrogen-bond donors (Lipinski definition) is 2. The van der Waals surface area contributed by atoms with Gasteiger partial charge in [0.15, 0.2) is 0 Å². The highest BCUT2D eigenvalue weighted by Gasteiger charge is 2.15. The summed E-state index contributed by atoms with van der Waals surface area (Å²) in [5.74, 6) is 0.399. The number of hydrogen-bond acceptors (Lipinski definition) is 6. The largest absolute Gasteiger partial charge is 0.396 e. The predicted octanol–water partition coefficient (Wildman–Crippen LogP) is 3.26. The molecule has 18 heavy (non-hydrogen) atoms. The molecule has 0 aliphatic heterocycles. The first-order valence-electron chi connectivity index (χ1n) is 5.95. The summed E-state index contributed by atoms with van der Waals surface area (Å²) in [5, 5.41) is 24.7. The van der Waals surface area contributed by atoms with Crippen molar-refractivity contribution in [3.8, 4) is 0 Å². The van der Waals surface area contributed by atoms with Gasteiger partial charge in [0.25, 0.3) is 0 Å². The molecule has 0 saturated heterocycles. The van der Waals surface area contributed by atoms with Gasteiger partial charge in [0.2, 0.25) is 5.13 Å². The van der Waals surface area contributed by atoms with Crippen molar-refractivity contribution in [2.45, 2.75) is 32.2 Å². The van der Waals surface area contributed by atoms with E-state index in [1.807, 2.05) is 11.4 Å². The maximum atomic E-state index is 9.14. The molecule has 2 rings (SSSR count). The average Bonchev–Trinajstić information content (AvgIpc) is 2.99. The molecule has 0 fully saturated rings. The summed E-state index contributed by atoms with van der Waals surface area (Å²) < 4.78 is 0.